The van der Waals surface area contributed by atoms with Gasteiger partial charge >= 0.3 is 0 Å². The smallest absolute Gasteiger partial charge is 0.224 e. The highest BCUT2D eigenvalue weighted by Crippen LogP contribution is 2.17. The van der Waals surface area contributed by atoms with Crippen molar-refractivity contribution in [1.29, 1.82) is 0 Å². The van der Waals surface area contributed by atoms with Crippen LogP contribution < -0.4 is 10.1 Å². The second kappa shape index (κ2) is 9.88. The van der Waals surface area contributed by atoms with Crippen LogP contribution in [0.1, 0.15) is 27.9 Å². The van der Waals surface area contributed by atoms with E-state index in [0.29, 0.717) is 19.6 Å². The van der Waals surface area contributed by atoms with Crippen molar-refractivity contribution in [2.24, 2.45) is 0 Å². The Morgan fingerprint density at radius 1 is 1.07 bits per heavy atom. The molecule has 0 atom stereocenters. The molecule has 0 bridgehead atoms. The van der Waals surface area contributed by atoms with Crippen molar-refractivity contribution in [2.75, 3.05) is 13.2 Å². The monoisotopic (exact) mass is 380 g/mol. The zero-order chi connectivity index (χ0) is 18.9. The third kappa shape index (κ3) is 6.22. The van der Waals surface area contributed by atoms with Crippen LogP contribution in [0.2, 0.25) is 0 Å². The number of nitrogens with zero attached hydrogens (tertiary/aromatic N) is 1. The molecule has 3 aromatic rings. The Balaban J connectivity index is 1.41. The van der Waals surface area contributed by atoms with Crippen LogP contribution in [0.5, 0.6) is 5.75 Å². The van der Waals surface area contributed by atoms with Gasteiger partial charge < -0.3 is 10.1 Å². The largest absolute Gasteiger partial charge is 0.494 e. The Kier molecular flexibility index (Phi) is 6.99. The van der Waals surface area contributed by atoms with Crippen molar-refractivity contribution in [3.8, 4) is 5.75 Å². The molecule has 1 amide bonds. The van der Waals surface area contributed by atoms with Gasteiger partial charge in [-0.25, -0.2) is 4.98 Å². The first-order valence-electron chi connectivity index (χ1n) is 9.19. The molecule has 0 saturated heterocycles. The normalized spacial score (nSPS) is 10.6. The molecule has 0 fully saturated rings. The zero-order valence-corrected chi connectivity index (χ0v) is 16.3. The van der Waals surface area contributed by atoms with Crippen LogP contribution in [0.4, 0.5) is 0 Å². The number of nitrogens with one attached hydrogen (secondary N) is 1. The molecule has 1 heterocycles. The number of carbonyl (C=O) groups excluding carboxylic acids is 1. The van der Waals surface area contributed by atoms with E-state index < -0.39 is 0 Å². The molecular weight excluding hydrogens is 356 g/mol. The van der Waals surface area contributed by atoms with Gasteiger partial charge in [-0.15, -0.1) is 11.3 Å². The third-order valence-electron chi connectivity index (χ3n) is 4.08. The van der Waals surface area contributed by atoms with E-state index in [1.54, 1.807) is 11.3 Å². The van der Waals surface area contributed by atoms with Crippen LogP contribution in [0, 0.1) is 0 Å². The lowest BCUT2D eigenvalue weighted by Gasteiger charge is -2.06. The topological polar surface area (TPSA) is 51.2 Å². The van der Waals surface area contributed by atoms with E-state index in [9.17, 15) is 4.79 Å². The fourth-order valence-corrected chi connectivity index (χ4v) is 3.73. The zero-order valence-electron chi connectivity index (χ0n) is 15.5. The van der Waals surface area contributed by atoms with Crippen molar-refractivity contribution in [2.45, 2.75) is 26.2 Å². The van der Waals surface area contributed by atoms with Gasteiger partial charge in [0.05, 0.1) is 18.0 Å². The fourth-order valence-electron chi connectivity index (χ4n) is 2.77. The van der Waals surface area contributed by atoms with Crippen molar-refractivity contribution >= 4 is 17.2 Å². The molecule has 0 aliphatic rings. The van der Waals surface area contributed by atoms with E-state index in [-0.39, 0.29) is 5.91 Å². The summed E-state index contributed by atoms with van der Waals surface area (Å²) in [7, 11) is 0. The molecule has 0 radical (unpaired) electrons. The fraction of sp³-hybridized carbons (Fsp3) is 0.273. The number of hydrogen-bond acceptors (Lipinski definition) is 4. The van der Waals surface area contributed by atoms with Gasteiger partial charge in [-0.2, -0.15) is 0 Å². The predicted molar refractivity (Wildman–Crippen MR) is 109 cm³/mol. The van der Waals surface area contributed by atoms with Gasteiger partial charge in [-0.3, -0.25) is 4.79 Å². The minimum absolute atomic E-state index is 0.0280. The molecule has 5 heteroatoms. The second-order valence-electron chi connectivity index (χ2n) is 6.24. The molecule has 0 unspecified atom stereocenters. The minimum Gasteiger partial charge on any atom is -0.494 e. The van der Waals surface area contributed by atoms with Crippen LogP contribution in [0.15, 0.2) is 60.8 Å². The third-order valence-corrected chi connectivity index (χ3v) is 5.14. The Bertz CT molecular complexity index is 844. The maximum Gasteiger partial charge on any atom is 0.224 e. The maximum absolute atomic E-state index is 12.1. The number of thiazole rings is 1. The summed E-state index contributed by atoms with van der Waals surface area (Å²) in [4.78, 5) is 17.8. The van der Waals surface area contributed by atoms with Crippen LogP contribution in [-0.4, -0.2) is 24.0 Å². The number of benzene rings is 2. The van der Waals surface area contributed by atoms with E-state index in [1.165, 1.54) is 10.4 Å². The van der Waals surface area contributed by atoms with Crippen LogP contribution in [0.25, 0.3) is 0 Å². The Labute approximate surface area is 164 Å². The van der Waals surface area contributed by atoms with Crippen LogP contribution >= 0.6 is 11.3 Å². The van der Waals surface area contributed by atoms with Crippen molar-refractivity contribution in [3.05, 3.63) is 81.8 Å². The van der Waals surface area contributed by atoms with Crippen molar-refractivity contribution < 1.29 is 9.53 Å². The first-order valence-corrected chi connectivity index (χ1v) is 10.0. The molecular formula is C22H24N2O2S. The standard InChI is InChI=1S/C22H24N2O2S/c1-2-26-19-10-8-18(9-11-19)15-21(25)23-13-12-22-24-16-20(27-22)14-17-6-4-3-5-7-17/h3-11,16H,2,12-15H2,1H3,(H,23,25). The number of aromatic nitrogens is 1. The summed E-state index contributed by atoms with van der Waals surface area (Å²) in [5.41, 5.74) is 2.27. The van der Waals surface area contributed by atoms with Gasteiger partial charge in [0.15, 0.2) is 0 Å². The summed E-state index contributed by atoms with van der Waals surface area (Å²) in [5.74, 6) is 0.858. The van der Waals surface area contributed by atoms with Crippen LogP contribution in [0.3, 0.4) is 0 Å². The molecule has 0 spiro atoms. The van der Waals surface area contributed by atoms with Gasteiger partial charge in [-0.1, -0.05) is 42.5 Å². The van der Waals surface area contributed by atoms with E-state index in [2.05, 4.69) is 34.6 Å². The molecule has 4 nitrogen and oxygen atoms in total. The first kappa shape index (κ1) is 19.1. The first-order chi connectivity index (χ1) is 13.2. The second-order valence-corrected chi connectivity index (χ2v) is 7.44. The lowest BCUT2D eigenvalue weighted by molar-refractivity contribution is -0.120. The number of amides is 1. The SMILES string of the molecule is CCOc1ccc(CC(=O)NCCc2ncc(Cc3ccccc3)s2)cc1. The Hall–Kier alpha value is -2.66. The van der Waals surface area contributed by atoms with Gasteiger partial charge in [0.1, 0.15) is 5.75 Å². The molecule has 27 heavy (non-hydrogen) atoms. The van der Waals surface area contributed by atoms with Crippen LogP contribution in [-0.2, 0) is 24.1 Å². The molecule has 2 aromatic carbocycles. The van der Waals surface area contributed by atoms with E-state index in [0.717, 1.165) is 29.2 Å². The number of hydrogen-bond donors (Lipinski definition) is 1. The number of rotatable bonds is 9. The summed E-state index contributed by atoms with van der Waals surface area (Å²) >= 11 is 1.71. The van der Waals surface area contributed by atoms with Gasteiger partial charge in [0.2, 0.25) is 5.91 Å². The number of ether oxygens (including phenoxy) is 1. The summed E-state index contributed by atoms with van der Waals surface area (Å²) in [6.07, 6.45) is 3.98. The summed E-state index contributed by atoms with van der Waals surface area (Å²) < 4.78 is 5.41. The van der Waals surface area contributed by atoms with E-state index in [1.807, 2.05) is 43.5 Å². The van der Waals surface area contributed by atoms with Gasteiger partial charge in [-0.05, 0) is 30.2 Å². The molecule has 0 aliphatic carbocycles. The minimum atomic E-state index is 0.0280. The maximum atomic E-state index is 12.1. The molecule has 1 N–H and O–H groups in total. The van der Waals surface area contributed by atoms with Gasteiger partial charge in [0, 0.05) is 30.5 Å². The Morgan fingerprint density at radius 2 is 1.85 bits per heavy atom. The van der Waals surface area contributed by atoms with E-state index >= 15 is 0 Å². The molecule has 3 rings (SSSR count). The summed E-state index contributed by atoms with van der Waals surface area (Å²) in [6, 6.07) is 18.0. The summed E-state index contributed by atoms with van der Waals surface area (Å²) in [6.45, 7) is 3.20. The van der Waals surface area contributed by atoms with Gasteiger partial charge in [0.25, 0.3) is 0 Å². The quantitative estimate of drug-likeness (QED) is 0.610. The highest BCUT2D eigenvalue weighted by molar-refractivity contribution is 7.11. The summed E-state index contributed by atoms with van der Waals surface area (Å²) in [5, 5.41) is 4.03. The average Bonchev–Trinajstić information content (AvgIpc) is 3.11. The van der Waals surface area contributed by atoms with Crippen molar-refractivity contribution in [1.82, 2.24) is 10.3 Å². The molecule has 0 saturated carbocycles. The number of carbonyl (C=O) groups is 1. The Morgan fingerprint density at radius 3 is 2.59 bits per heavy atom. The lowest BCUT2D eigenvalue weighted by Crippen LogP contribution is -2.27. The highest BCUT2D eigenvalue weighted by atomic mass is 32.1. The average molecular weight is 381 g/mol. The van der Waals surface area contributed by atoms with E-state index in [4.69, 9.17) is 4.74 Å². The highest BCUT2D eigenvalue weighted by Gasteiger charge is 2.06. The molecule has 0 aliphatic heterocycles. The lowest BCUT2D eigenvalue weighted by atomic mass is 10.1. The predicted octanol–water partition coefficient (Wildman–Crippen LogP) is 4.03. The molecule has 140 valence electrons. The van der Waals surface area contributed by atoms with Crippen molar-refractivity contribution in [3.63, 3.8) is 0 Å². The molecule has 1 aromatic heterocycles.